The molecule has 0 fully saturated rings. The van der Waals surface area contributed by atoms with Crippen LogP contribution in [0.15, 0.2) is 83.8 Å². The van der Waals surface area contributed by atoms with Gasteiger partial charge in [0.05, 0.1) is 18.7 Å². The van der Waals surface area contributed by atoms with Crippen molar-refractivity contribution >= 4 is 16.7 Å². The third kappa shape index (κ3) is 2.74. The number of rotatable bonds is 4. The van der Waals surface area contributed by atoms with Crippen molar-refractivity contribution in [2.45, 2.75) is 6.04 Å². The maximum Gasteiger partial charge on any atom is 0.335 e. The summed E-state index contributed by atoms with van der Waals surface area (Å²) in [6, 6.07) is 17.9. The van der Waals surface area contributed by atoms with E-state index in [9.17, 15) is 9.59 Å². The molecule has 0 spiro atoms. The van der Waals surface area contributed by atoms with Crippen LogP contribution in [0.1, 0.15) is 11.6 Å². The summed E-state index contributed by atoms with van der Waals surface area (Å²) in [4.78, 5) is 25.0. The largest absolute Gasteiger partial charge is 0.466 e. The van der Waals surface area contributed by atoms with Crippen LogP contribution in [0.3, 0.4) is 0 Å². The number of hydrogen-bond donors (Lipinski definition) is 0. The van der Waals surface area contributed by atoms with Gasteiger partial charge in [-0.05, 0) is 23.1 Å². The average molecular weight is 319 g/mol. The number of carbonyl (C=O) groups is 1. The summed E-state index contributed by atoms with van der Waals surface area (Å²) in [6.07, 6.45) is 1.69. The van der Waals surface area contributed by atoms with Crippen LogP contribution in [0.5, 0.6) is 0 Å². The molecule has 0 amide bonds. The van der Waals surface area contributed by atoms with E-state index >= 15 is 0 Å². The summed E-state index contributed by atoms with van der Waals surface area (Å²) in [6.45, 7) is 3.87. The lowest BCUT2D eigenvalue weighted by Gasteiger charge is -2.21. The molecule has 1 unspecified atom stereocenters. The average Bonchev–Trinajstić information content (AvgIpc) is 2.64. The Kier molecular flexibility index (Phi) is 4.29. The number of methoxy groups -OCH3 is 1. The minimum Gasteiger partial charge on any atom is -0.466 e. The maximum atomic E-state index is 12.9. The summed E-state index contributed by atoms with van der Waals surface area (Å²) >= 11 is 0. The van der Waals surface area contributed by atoms with Gasteiger partial charge in [0.25, 0.3) is 5.56 Å². The lowest BCUT2D eigenvalue weighted by molar-refractivity contribution is -0.136. The van der Waals surface area contributed by atoms with Crippen molar-refractivity contribution in [1.82, 2.24) is 4.57 Å². The predicted octanol–water partition coefficient (Wildman–Crippen LogP) is 3.32. The lowest BCUT2D eigenvalue weighted by atomic mass is 9.99. The number of nitrogens with zero attached hydrogens (tertiary/aromatic N) is 1. The van der Waals surface area contributed by atoms with Crippen molar-refractivity contribution < 1.29 is 9.53 Å². The zero-order chi connectivity index (χ0) is 17.1. The maximum absolute atomic E-state index is 12.9. The molecule has 0 aliphatic carbocycles. The first-order chi connectivity index (χ1) is 11.6. The molecule has 0 saturated heterocycles. The van der Waals surface area contributed by atoms with E-state index in [2.05, 4.69) is 6.58 Å². The van der Waals surface area contributed by atoms with Gasteiger partial charge in [-0.1, -0.05) is 55.1 Å². The van der Waals surface area contributed by atoms with Crippen molar-refractivity contribution in [3.05, 3.63) is 94.9 Å². The Morgan fingerprint density at radius 3 is 2.42 bits per heavy atom. The molecule has 1 aromatic heterocycles. The van der Waals surface area contributed by atoms with Gasteiger partial charge < -0.3 is 9.30 Å². The first-order valence-corrected chi connectivity index (χ1v) is 7.55. The number of ether oxygens (including phenoxy) is 1. The third-order valence-corrected chi connectivity index (χ3v) is 4.01. The van der Waals surface area contributed by atoms with E-state index in [0.717, 1.165) is 10.9 Å². The first kappa shape index (κ1) is 15.7. The van der Waals surface area contributed by atoms with Gasteiger partial charge in [-0.2, -0.15) is 0 Å². The van der Waals surface area contributed by atoms with E-state index in [1.807, 2.05) is 54.6 Å². The molecule has 0 saturated carbocycles. The van der Waals surface area contributed by atoms with Gasteiger partial charge in [0.1, 0.15) is 0 Å². The SMILES string of the molecule is C=C(C(=O)OC)C(c1ccccc1)n1ccc2ccccc2c1=O. The van der Waals surface area contributed by atoms with E-state index in [0.29, 0.717) is 5.39 Å². The van der Waals surface area contributed by atoms with Gasteiger partial charge in [-0.25, -0.2) is 4.79 Å². The Hall–Kier alpha value is -3.14. The Morgan fingerprint density at radius 2 is 1.71 bits per heavy atom. The molecule has 0 aliphatic heterocycles. The highest BCUT2D eigenvalue weighted by atomic mass is 16.5. The molecule has 4 nitrogen and oxygen atoms in total. The standard InChI is InChI=1S/C20H17NO3/c1-14(20(23)24-2)18(16-9-4-3-5-10-16)21-13-12-15-8-6-7-11-17(15)19(21)22/h3-13,18H,1H2,2H3. The number of pyridine rings is 1. The first-order valence-electron chi connectivity index (χ1n) is 7.55. The zero-order valence-corrected chi connectivity index (χ0v) is 13.3. The molecule has 1 atom stereocenters. The van der Waals surface area contributed by atoms with Gasteiger partial charge in [0.2, 0.25) is 0 Å². The van der Waals surface area contributed by atoms with Gasteiger partial charge in [0, 0.05) is 11.6 Å². The molecule has 2 aromatic carbocycles. The molecule has 3 aromatic rings. The number of aromatic nitrogens is 1. The molecule has 4 heteroatoms. The van der Waals surface area contributed by atoms with Crippen LogP contribution < -0.4 is 5.56 Å². The normalized spacial score (nSPS) is 11.9. The van der Waals surface area contributed by atoms with Gasteiger partial charge in [-0.15, -0.1) is 0 Å². The van der Waals surface area contributed by atoms with Crippen LogP contribution in [0.2, 0.25) is 0 Å². The molecular formula is C20H17NO3. The smallest absolute Gasteiger partial charge is 0.335 e. The van der Waals surface area contributed by atoms with E-state index in [1.165, 1.54) is 11.7 Å². The fraction of sp³-hybridized carbons (Fsp3) is 0.100. The number of esters is 1. The monoisotopic (exact) mass is 319 g/mol. The molecule has 3 rings (SSSR count). The van der Waals surface area contributed by atoms with Crippen LogP contribution in [-0.4, -0.2) is 17.6 Å². The van der Waals surface area contributed by atoms with Crippen molar-refractivity contribution in [3.8, 4) is 0 Å². The predicted molar refractivity (Wildman–Crippen MR) is 93.9 cm³/mol. The van der Waals surface area contributed by atoms with Crippen molar-refractivity contribution in [3.63, 3.8) is 0 Å². The third-order valence-electron chi connectivity index (χ3n) is 4.01. The number of benzene rings is 2. The van der Waals surface area contributed by atoms with Gasteiger partial charge in [0.15, 0.2) is 0 Å². The minimum atomic E-state index is -0.615. The molecule has 24 heavy (non-hydrogen) atoms. The summed E-state index contributed by atoms with van der Waals surface area (Å²) in [5, 5.41) is 1.45. The van der Waals surface area contributed by atoms with Crippen LogP contribution in [0.4, 0.5) is 0 Å². The second kappa shape index (κ2) is 6.54. The van der Waals surface area contributed by atoms with E-state index in [1.54, 1.807) is 12.3 Å². The quantitative estimate of drug-likeness (QED) is 0.547. The molecule has 0 aliphatic rings. The van der Waals surface area contributed by atoms with Gasteiger partial charge in [-0.3, -0.25) is 4.79 Å². The van der Waals surface area contributed by atoms with Crippen LogP contribution in [0, 0.1) is 0 Å². The number of fused-ring (bicyclic) bond motifs is 1. The topological polar surface area (TPSA) is 48.3 Å². The van der Waals surface area contributed by atoms with Crippen molar-refractivity contribution in [1.29, 1.82) is 0 Å². The number of hydrogen-bond acceptors (Lipinski definition) is 3. The van der Waals surface area contributed by atoms with E-state index in [-0.39, 0.29) is 11.1 Å². The zero-order valence-electron chi connectivity index (χ0n) is 13.3. The molecule has 0 N–H and O–H groups in total. The fourth-order valence-corrected chi connectivity index (χ4v) is 2.82. The number of carbonyl (C=O) groups excluding carboxylic acids is 1. The van der Waals surface area contributed by atoms with E-state index in [4.69, 9.17) is 4.74 Å². The van der Waals surface area contributed by atoms with Crippen LogP contribution >= 0.6 is 0 Å². The highest BCUT2D eigenvalue weighted by Crippen LogP contribution is 2.25. The Morgan fingerprint density at radius 1 is 1.04 bits per heavy atom. The second-order valence-electron chi connectivity index (χ2n) is 5.45. The highest BCUT2D eigenvalue weighted by Gasteiger charge is 2.24. The fourth-order valence-electron chi connectivity index (χ4n) is 2.82. The van der Waals surface area contributed by atoms with Gasteiger partial charge >= 0.3 is 5.97 Å². The highest BCUT2D eigenvalue weighted by molar-refractivity contribution is 5.89. The molecule has 0 radical (unpaired) electrons. The Balaban J connectivity index is 2.23. The minimum absolute atomic E-state index is 0.174. The Bertz CT molecular complexity index is 957. The lowest BCUT2D eigenvalue weighted by Crippen LogP contribution is -2.28. The second-order valence-corrected chi connectivity index (χ2v) is 5.45. The summed E-state index contributed by atoms with van der Waals surface area (Å²) in [7, 11) is 1.30. The summed E-state index contributed by atoms with van der Waals surface area (Å²) in [5.74, 6) is -0.538. The summed E-state index contributed by atoms with van der Waals surface area (Å²) in [5.41, 5.74) is 0.832. The van der Waals surface area contributed by atoms with Crippen LogP contribution in [0.25, 0.3) is 10.8 Å². The van der Waals surface area contributed by atoms with Crippen molar-refractivity contribution in [2.75, 3.05) is 7.11 Å². The molecule has 1 heterocycles. The van der Waals surface area contributed by atoms with Crippen molar-refractivity contribution in [2.24, 2.45) is 0 Å². The molecule has 0 bridgehead atoms. The molecule has 120 valence electrons. The molecular weight excluding hydrogens is 302 g/mol. The van der Waals surface area contributed by atoms with E-state index < -0.39 is 12.0 Å². The van der Waals surface area contributed by atoms with Crippen LogP contribution in [-0.2, 0) is 9.53 Å². The Labute approximate surface area is 139 Å². The summed E-state index contributed by atoms with van der Waals surface area (Å²) < 4.78 is 6.33.